The fraction of sp³-hybridized carbons (Fsp3) is 0.350. The molecular weight excluding hydrogens is 434 g/mol. The predicted octanol–water partition coefficient (Wildman–Crippen LogP) is 3.34. The Hall–Kier alpha value is -2.92. The number of hydrogen-bond acceptors (Lipinski definition) is 6. The molecule has 0 saturated carbocycles. The van der Waals surface area contributed by atoms with Gasteiger partial charge in [-0.2, -0.15) is 13.1 Å². The van der Waals surface area contributed by atoms with Crippen molar-refractivity contribution in [3.63, 3.8) is 0 Å². The van der Waals surface area contributed by atoms with Crippen molar-refractivity contribution in [3.8, 4) is 17.2 Å². The molecule has 1 N–H and O–H groups in total. The van der Waals surface area contributed by atoms with Crippen LogP contribution in [0.5, 0.6) is 17.2 Å². The van der Waals surface area contributed by atoms with E-state index in [-0.39, 0.29) is 33.4 Å². The number of alkyl halides is 2. The molecule has 2 aromatic rings. The first-order chi connectivity index (χ1) is 14.8. The van der Waals surface area contributed by atoms with Gasteiger partial charge in [0.1, 0.15) is 10.6 Å². The van der Waals surface area contributed by atoms with Gasteiger partial charge in [0.05, 0.1) is 14.2 Å². The third-order valence-electron chi connectivity index (χ3n) is 4.75. The molecule has 1 saturated heterocycles. The predicted molar refractivity (Wildman–Crippen MR) is 109 cm³/mol. The Kier molecular flexibility index (Phi) is 6.96. The summed E-state index contributed by atoms with van der Waals surface area (Å²) in [7, 11) is -1.19. The molecule has 0 aromatic heterocycles. The number of sulfonamides is 1. The first-order valence-corrected chi connectivity index (χ1v) is 10.8. The second-order valence-electron chi connectivity index (χ2n) is 6.68. The molecule has 0 unspecified atom stereocenters. The normalized spacial score (nSPS) is 14.5. The van der Waals surface area contributed by atoms with Crippen LogP contribution < -0.4 is 19.5 Å². The lowest BCUT2D eigenvalue weighted by atomic mass is 10.2. The Morgan fingerprint density at radius 2 is 1.65 bits per heavy atom. The fourth-order valence-corrected chi connectivity index (χ4v) is 4.93. The van der Waals surface area contributed by atoms with Crippen LogP contribution in [-0.4, -0.2) is 52.6 Å². The van der Waals surface area contributed by atoms with E-state index in [1.807, 2.05) is 0 Å². The smallest absolute Gasteiger partial charge is 0.387 e. The number of methoxy groups -OCH3 is 2. The largest absolute Gasteiger partial charge is 0.495 e. The first kappa shape index (κ1) is 22.8. The average molecular weight is 456 g/mol. The molecule has 1 aliphatic rings. The van der Waals surface area contributed by atoms with Gasteiger partial charge in [-0.3, -0.25) is 4.79 Å². The lowest BCUT2D eigenvalue weighted by Gasteiger charge is -2.18. The van der Waals surface area contributed by atoms with Gasteiger partial charge in [-0.05, 0) is 43.2 Å². The molecule has 1 amide bonds. The average Bonchev–Trinajstić information content (AvgIpc) is 3.29. The van der Waals surface area contributed by atoms with E-state index in [4.69, 9.17) is 9.47 Å². The topological polar surface area (TPSA) is 94.2 Å². The first-order valence-electron chi connectivity index (χ1n) is 9.38. The summed E-state index contributed by atoms with van der Waals surface area (Å²) >= 11 is 0. The monoisotopic (exact) mass is 456 g/mol. The molecular formula is C20H22F2N2O6S. The van der Waals surface area contributed by atoms with E-state index in [1.54, 1.807) is 0 Å². The molecule has 31 heavy (non-hydrogen) atoms. The van der Waals surface area contributed by atoms with E-state index in [1.165, 1.54) is 54.9 Å². The molecule has 1 fully saturated rings. The molecule has 1 heterocycles. The fourth-order valence-electron chi connectivity index (χ4n) is 3.23. The summed E-state index contributed by atoms with van der Waals surface area (Å²) in [4.78, 5) is 12.6. The standard InChI is InChI=1S/C20H22F2N2O6S/c1-28-15-8-6-14(12-17(15)30-20(21)22)23-19(25)13-5-7-16(29-2)18(11-13)31(26,27)24-9-3-4-10-24/h5-8,11-12,20H,3-4,9-10H2,1-2H3,(H,23,25). The number of hydrogen-bond donors (Lipinski definition) is 1. The van der Waals surface area contributed by atoms with Gasteiger partial charge in [0.2, 0.25) is 10.0 Å². The van der Waals surface area contributed by atoms with Gasteiger partial charge >= 0.3 is 6.61 Å². The van der Waals surface area contributed by atoms with Crippen LogP contribution in [0, 0.1) is 0 Å². The van der Waals surface area contributed by atoms with Gasteiger partial charge in [0, 0.05) is 30.4 Å². The lowest BCUT2D eigenvalue weighted by molar-refractivity contribution is -0.0511. The Bertz CT molecular complexity index is 1060. The molecule has 8 nitrogen and oxygen atoms in total. The summed E-state index contributed by atoms with van der Waals surface area (Å²) < 4.78 is 67.1. The minimum atomic E-state index is -3.83. The van der Waals surface area contributed by atoms with Crippen LogP contribution in [0.15, 0.2) is 41.3 Å². The highest BCUT2D eigenvalue weighted by Gasteiger charge is 2.30. The molecule has 0 atom stereocenters. The van der Waals surface area contributed by atoms with Gasteiger partial charge in [0.15, 0.2) is 11.5 Å². The summed E-state index contributed by atoms with van der Waals surface area (Å²) in [5.41, 5.74) is 0.229. The van der Waals surface area contributed by atoms with Crippen molar-refractivity contribution in [1.29, 1.82) is 0 Å². The minimum Gasteiger partial charge on any atom is -0.495 e. The van der Waals surface area contributed by atoms with E-state index in [2.05, 4.69) is 10.1 Å². The van der Waals surface area contributed by atoms with Crippen molar-refractivity contribution < 1.29 is 36.2 Å². The Balaban J connectivity index is 1.89. The second-order valence-corrected chi connectivity index (χ2v) is 8.58. The number of benzene rings is 2. The number of halogens is 2. The van der Waals surface area contributed by atoms with Crippen LogP contribution in [-0.2, 0) is 10.0 Å². The van der Waals surface area contributed by atoms with Crippen molar-refractivity contribution in [3.05, 3.63) is 42.0 Å². The maximum absolute atomic E-state index is 13.0. The van der Waals surface area contributed by atoms with Crippen molar-refractivity contribution in [1.82, 2.24) is 4.31 Å². The maximum atomic E-state index is 13.0. The molecule has 11 heteroatoms. The van der Waals surface area contributed by atoms with Crippen LogP contribution in [0.1, 0.15) is 23.2 Å². The van der Waals surface area contributed by atoms with Crippen molar-refractivity contribution in [2.24, 2.45) is 0 Å². The van der Waals surface area contributed by atoms with Gasteiger partial charge in [-0.15, -0.1) is 0 Å². The van der Waals surface area contributed by atoms with Gasteiger partial charge in [-0.1, -0.05) is 0 Å². The SMILES string of the molecule is COc1ccc(NC(=O)c2ccc(OC)c(S(=O)(=O)N3CCCC3)c2)cc1OC(F)F. The number of rotatable bonds is 8. The van der Waals surface area contributed by atoms with Crippen molar-refractivity contribution in [2.75, 3.05) is 32.6 Å². The number of amides is 1. The van der Waals surface area contributed by atoms with Gasteiger partial charge in [0.25, 0.3) is 5.91 Å². The molecule has 3 rings (SSSR count). The van der Waals surface area contributed by atoms with Crippen molar-refractivity contribution >= 4 is 21.6 Å². The summed E-state index contributed by atoms with van der Waals surface area (Å²) in [6, 6.07) is 8.05. The van der Waals surface area contributed by atoms with E-state index in [0.29, 0.717) is 13.1 Å². The van der Waals surface area contributed by atoms with E-state index >= 15 is 0 Å². The summed E-state index contributed by atoms with van der Waals surface area (Å²) in [5, 5.41) is 2.54. The zero-order chi connectivity index (χ0) is 22.6. The third-order valence-corrected chi connectivity index (χ3v) is 6.67. The van der Waals surface area contributed by atoms with E-state index in [0.717, 1.165) is 12.8 Å². The number of anilines is 1. The van der Waals surface area contributed by atoms with Crippen LogP contribution in [0.4, 0.5) is 14.5 Å². The highest BCUT2D eigenvalue weighted by atomic mass is 32.2. The summed E-state index contributed by atoms with van der Waals surface area (Å²) in [6.07, 6.45) is 1.53. The molecule has 0 radical (unpaired) electrons. The molecule has 0 aliphatic carbocycles. The van der Waals surface area contributed by atoms with Crippen LogP contribution in [0.25, 0.3) is 0 Å². The highest BCUT2D eigenvalue weighted by molar-refractivity contribution is 7.89. The minimum absolute atomic E-state index is 0.0608. The molecule has 1 aliphatic heterocycles. The number of ether oxygens (including phenoxy) is 3. The molecule has 168 valence electrons. The molecule has 0 bridgehead atoms. The van der Waals surface area contributed by atoms with E-state index in [9.17, 15) is 22.0 Å². The zero-order valence-corrected chi connectivity index (χ0v) is 17.7. The second kappa shape index (κ2) is 9.48. The van der Waals surface area contributed by atoms with Gasteiger partial charge in [-0.25, -0.2) is 8.42 Å². The van der Waals surface area contributed by atoms with Crippen LogP contribution >= 0.6 is 0 Å². The Morgan fingerprint density at radius 3 is 2.26 bits per heavy atom. The number of nitrogens with one attached hydrogen (secondary N) is 1. The summed E-state index contributed by atoms with van der Waals surface area (Å²) in [5.74, 6) is -0.682. The van der Waals surface area contributed by atoms with Crippen LogP contribution in [0.2, 0.25) is 0 Å². The third kappa shape index (κ3) is 5.05. The van der Waals surface area contributed by atoms with Crippen LogP contribution in [0.3, 0.4) is 0 Å². The Labute approximate surface area is 178 Å². The highest BCUT2D eigenvalue weighted by Crippen LogP contribution is 2.33. The summed E-state index contributed by atoms with van der Waals surface area (Å²) in [6.45, 7) is -2.26. The lowest BCUT2D eigenvalue weighted by Crippen LogP contribution is -2.28. The van der Waals surface area contributed by atoms with Gasteiger partial charge < -0.3 is 19.5 Å². The quantitative estimate of drug-likeness (QED) is 0.655. The zero-order valence-electron chi connectivity index (χ0n) is 16.9. The van der Waals surface area contributed by atoms with Crippen molar-refractivity contribution in [2.45, 2.75) is 24.3 Å². The molecule has 2 aromatic carbocycles. The van der Waals surface area contributed by atoms with E-state index < -0.39 is 22.5 Å². The maximum Gasteiger partial charge on any atom is 0.387 e. The number of carbonyl (C=O) groups excluding carboxylic acids is 1. The number of nitrogens with zero attached hydrogens (tertiary/aromatic N) is 1. The number of carbonyl (C=O) groups is 1. The molecule has 0 spiro atoms. The Morgan fingerprint density at radius 1 is 1.00 bits per heavy atom.